The van der Waals surface area contributed by atoms with E-state index in [9.17, 15) is 13.2 Å². The Hall–Kier alpha value is -0.900. The van der Waals surface area contributed by atoms with Crippen LogP contribution in [0.25, 0.3) is 10.2 Å². The average molecular weight is 416 g/mol. The van der Waals surface area contributed by atoms with E-state index in [0.29, 0.717) is 29.8 Å². The van der Waals surface area contributed by atoms with E-state index in [2.05, 4.69) is 11.6 Å². The van der Waals surface area contributed by atoms with Crippen LogP contribution >= 0.6 is 23.1 Å². The quantitative estimate of drug-likeness (QED) is 0.427. The average Bonchev–Trinajstić information content (AvgIpc) is 2.96. The van der Waals surface area contributed by atoms with Gasteiger partial charge in [0.05, 0.1) is 11.1 Å². The number of nitrogens with zero attached hydrogens (tertiary/aromatic N) is 2. The van der Waals surface area contributed by atoms with Gasteiger partial charge in [-0.05, 0) is 51.1 Å². The van der Waals surface area contributed by atoms with E-state index in [1.807, 2.05) is 6.92 Å². The zero-order valence-electron chi connectivity index (χ0n) is 15.4. The summed E-state index contributed by atoms with van der Waals surface area (Å²) in [6.07, 6.45) is 3.64. The van der Waals surface area contributed by atoms with Crippen molar-refractivity contribution in [2.24, 2.45) is 5.92 Å². The van der Waals surface area contributed by atoms with Crippen molar-refractivity contribution in [1.29, 1.82) is 0 Å². The third-order valence-electron chi connectivity index (χ3n) is 4.80. The van der Waals surface area contributed by atoms with Gasteiger partial charge in [0.25, 0.3) is 5.56 Å². The number of aromatic nitrogens is 2. The zero-order valence-corrected chi connectivity index (χ0v) is 17.8. The Bertz CT molecular complexity index is 963. The van der Waals surface area contributed by atoms with E-state index in [1.165, 1.54) is 29.3 Å². The molecule has 2 heterocycles. The van der Waals surface area contributed by atoms with Crippen LogP contribution in [0.15, 0.2) is 9.95 Å². The molecule has 9 heteroatoms. The van der Waals surface area contributed by atoms with E-state index < -0.39 is 10.0 Å². The molecule has 0 aliphatic heterocycles. The number of thioether (sulfide) groups is 1. The molecule has 0 saturated carbocycles. The number of sulfonamides is 1. The minimum Gasteiger partial charge on any atom is -0.287 e. The molecule has 2 aromatic rings. The number of nitrogens with one attached hydrogen (secondary N) is 1. The number of hydrogen-bond donors (Lipinski definition) is 1. The molecular formula is C17H25N3O3S3. The summed E-state index contributed by atoms with van der Waals surface area (Å²) in [5, 5.41) is 1.50. The molecule has 0 bridgehead atoms. The third kappa shape index (κ3) is 4.00. The first-order valence-corrected chi connectivity index (χ1v) is 12.4. The van der Waals surface area contributed by atoms with E-state index in [-0.39, 0.29) is 11.3 Å². The maximum atomic E-state index is 13.0. The molecule has 1 unspecified atom stereocenters. The molecule has 0 amide bonds. The minimum atomic E-state index is -3.19. The van der Waals surface area contributed by atoms with Crippen molar-refractivity contribution in [3.05, 3.63) is 20.8 Å². The predicted octanol–water partition coefficient (Wildman–Crippen LogP) is 2.63. The van der Waals surface area contributed by atoms with Gasteiger partial charge < -0.3 is 0 Å². The molecule has 26 heavy (non-hydrogen) atoms. The summed E-state index contributed by atoms with van der Waals surface area (Å²) in [6.45, 7) is 4.77. The van der Waals surface area contributed by atoms with Crippen molar-refractivity contribution in [3.8, 4) is 0 Å². The maximum absolute atomic E-state index is 13.0. The van der Waals surface area contributed by atoms with Crippen LogP contribution in [0.3, 0.4) is 0 Å². The summed E-state index contributed by atoms with van der Waals surface area (Å²) in [4.78, 5) is 20.0. The fourth-order valence-electron chi connectivity index (χ4n) is 3.31. The lowest BCUT2D eigenvalue weighted by molar-refractivity contribution is 0.509. The first kappa shape index (κ1) is 19.9. The highest BCUT2D eigenvalue weighted by Crippen LogP contribution is 2.36. The molecule has 1 aliphatic carbocycles. The van der Waals surface area contributed by atoms with Crippen LogP contribution in [-0.4, -0.2) is 36.5 Å². The Labute approximate surface area is 162 Å². The van der Waals surface area contributed by atoms with Crippen molar-refractivity contribution in [3.63, 3.8) is 0 Å². The number of aryl methyl sites for hydroxylation is 1. The topological polar surface area (TPSA) is 81.1 Å². The SMILES string of the molecule is CCn1c(SCCCS(=O)(=O)NC)nc2sc3c(c2c1=O)CCC(C)C3. The normalized spacial score (nSPS) is 17.6. The van der Waals surface area contributed by atoms with E-state index in [1.54, 1.807) is 15.9 Å². The van der Waals surface area contributed by atoms with Crippen LogP contribution in [0.4, 0.5) is 0 Å². The molecule has 1 N–H and O–H groups in total. The monoisotopic (exact) mass is 415 g/mol. The van der Waals surface area contributed by atoms with Crippen molar-refractivity contribution in [2.45, 2.75) is 51.2 Å². The van der Waals surface area contributed by atoms with Gasteiger partial charge in [-0.3, -0.25) is 9.36 Å². The van der Waals surface area contributed by atoms with Gasteiger partial charge in [0.15, 0.2) is 5.16 Å². The summed E-state index contributed by atoms with van der Waals surface area (Å²) >= 11 is 3.12. The van der Waals surface area contributed by atoms with Crippen LogP contribution in [-0.2, 0) is 29.4 Å². The van der Waals surface area contributed by atoms with Crippen LogP contribution in [0.1, 0.15) is 37.1 Å². The lowest BCUT2D eigenvalue weighted by Gasteiger charge is -2.17. The lowest BCUT2D eigenvalue weighted by atomic mass is 9.89. The Morgan fingerprint density at radius 2 is 2.19 bits per heavy atom. The predicted molar refractivity (Wildman–Crippen MR) is 109 cm³/mol. The molecule has 6 nitrogen and oxygen atoms in total. The number of thiophene rings is 1. The van der Waals surface area contributed by atoms with E-state index >= 15 is 0 Å². The molecule has 0 radical (unpaired) electrons. The van der Waals surface area contributed by atoms with Crippen molar-refractivity contribution < 1.29 is 8.42 Å². The molecule has 0 saturated heterocycles. The van der Waals surface area contributed by atoms with Crippen LogP contribution in [0.5, 0.6) is 0 Å². The van der Waals surface area contributed by atoms with Gasteiger partial charge in [0.2, 0.25) is 10.0 Å². The van der Waals surface area contributed by atoms with Gasteiger partial charge in [-0.15, -0.1) is 11.3 Å². The smallest absolute Gasteiger partial charge is 0.263 e. The first-order chi connectivity index (χ1) is 12.4. The van der Waals surface area contributed by atoms with Crippen LogP contribution in [0, 0.1) is 5.92 Å². The maximum Gasteiger partial charge on any atom is 0.263 e. The molecule has 2 aromatic heterocycles. The summed E-state index contributed by atoms with van der Waals surface area (Å²) in [6, 6.07) is 0. The van der Waals surface area contributed by atoms with Crippen LogP contribution in [0.2, 0.25) is 0 Å². The molecule has 3 rings (SSSR count). The highest BCUT2D eigenvalue weighted by Gasteiger charge is 2.24. The van der Waals surface area contributed by atoms with Crippen molar-refractivity contribution in [1.82, 2.24) is 14.3 Å². The second-order valence-electron chi connectivity index (χ2n) is 6.70. The summed E-state index contributed by atoms with van der Waals surface area (Å²) in [5.41, 5.74) is 1.26. The minimum absolute atomic E-state index is 0.0508. The van der Waals surface area contributed by atoms with Crippen molar-refractivity contribution >= 4 is 43.3 Å². The molecule has 0 fully saturated rings. The second-order valence-corrected chi connectivity index (χ2v) is 10.9. The van der Waals surface area contributed by atoms with Gasteiger partial charge in [-0.1, -0.05) is 18.7 Å². The highest BCUT2D eigenvalue weighted by atomic mass is 32.2. The molecule has 0 aromatic carbocycles. The first-order valence-electron chi connectivity index (χ1n) is 8.95. The number of rotatable bonds is 7. The fourth-order valence-corrected chi connectivity index (χ4v) is 6.65. The summed E-state index contributed by atoms with van der Waals surface area (Å²) < 4.78 is 27.1. The second kappa shape index (κ2) is 8.00. The largest absolute Gasteiger partial charge is 0.287 e. The molecule has 1 atom stereocenters. The van der Waals surface area contributed by atoms with Gasteiger partial charge in [-0.2, -0.15) is 0 Å². The highest BCUT2D eigenvalue weighted by molar-refractivity contribution is 7.99. The van der Waals surface area contributed by atoms with E-state index in [0.717, 1.165) is 29.5 Å². The fraction of sp³-hybridized carbons (Fsp3) is 0.647. The lowest BCUT2D eigenvalue weighted by Crippen LogP contribution is -2.24. The standard InChI is InChI=1S/C17H25N3O3S3/c1-4-20-16(21)14-12-7-6-11(2)10-13(12)25-15(14)19-17(20)24-8-5-9-26(22,23)18-3/h11,18H,4-10H2,1-3H3. The number of hydrogen-bond acceptors (Lipinski definition) is 6. The molecule has 1 aliphatic rings. The van der Waals surface area contributed by atoms with Gasteiger partial charge in [-0.25, -0.2) is 18.1 Å². The zero-order chi connectivity index (χ0) is 18.9. The van der Waals surface area contributed by atoms with Crippen molar-refractivity contribution in [2.75, 3.05) is 18.6 Å². The Morgan fingerprint density at radius 3 is 2.88 bits per heavy atom. The van der Waals surface area contributed by atoms with Gasteiger partial charge in [0, 0.05) is 17.2 Å². The molecular weight excluding hydrogens is 390 g/mol. The Kier molecular flexibility index (Phi) is 6.11. The van der Waals surface area contributed by atoms with Gasteiger partial charge in [0.1, 0.15) is 4.83 Å². The number of fused-ring (bicyclic) bond motifs is 3. The molecule has 0 spiro atoms. The third-order valence-corrected chi connectivity index (χ3v) is 8.46. The summed E-state index contributed by atoms with van der Waals surface area (Å²) in [5.74, 6) is 1.35. The summed E-state index contributed by atoms with van der Waals surface area (Å²) in [7, 11) is -1.77. The van der Waals surface area contributed by atoms with Gasteiger partial charge >= 0.3 is 0 Å². The van der Waals surface area contributed by atoms with E-state index in [4.69, 9.17) is 4.98 Å². The Balaban J connectivity index is 1.88. The Morgan fingerprint density at radius 1 is 1.42 bits per heavy atom. The van der Waals surface area contributed by atoms with Crippen LogP contribution < -0.4 is 10.3 Å². The molecule has 144 valence electrons.